The second-order valence-electron chi connectivity index (χ2n) is 16.6. The van der Waals surface area contributed by atoms with Crippen LogP contribution >= 0.6 is 11.6 Å². The van der Waals surface area contributed by atoms with Gasteiger partial charge in [-0.25, -0.2) is 13.1 Å². The van der Waals surface area contributed by atoms with Gasteiger partial charge in [0.2, 0.25) is 15.9 Å². The van der Waals surface area contributed by atoms with Crippen molar-refractivity contribution < 1.29 is 32.2 Å². The molecular formula is C41H57ClN4O7S. The minimum absolute atomic E-state index is 0.106. The predicted octanol–water partition coefficient (Wildman–Crippen LogP) is 5.28. The van der Waals surface area contributed by atoms with Crippen molar-refractivity contribution in [2.75, 3.05) is 78.1 Å². The van der Waals surface area contributed by atoms with Crippen LogP contribution in [0.3, 0.4) is 0 Å². The molecule has 2 aromatic carbocycles. The molecule has 2 fully saturated rings. The third-order valence-corrected chi connectivity index (χ3v) is 15.6. The summed E-state index contributed by atoms with van der Waals surface area (Å²) in [6.07, 6.45) is 7.14. The highest BCUT2D eigenvalue weighted by Crippen LogP contribution is 2.50. The van der Waals surface area contributed by atoms with Gasteiger partial charge in [0, 0.05) is 69.5 Å². The summed E-state index contributed by atoms with van der Waals surface area (Å²) in [7, 11) is -0.495. The molecule has 54 heavy (non-hydrogen) atoms. The summed E-state index contributed by atoms with van der Waals surface area (Å²) in [4.78, 5) is 33.5. The first kappa shape index (κ1) is 39.3. The van der Waals surface area contributed by atoms with E-state index in [0.29, 0.717) is 64.0 Å². The van der Waals surface area contributed by atoms with Crippen molar-refractivity contribution in [3.05, 3.63) is 58.1 Å². The molecule has 2 aromatic rings. The van der Waals surface area contributed by atoms with E-state index in [1.165, 1.54) is 11.1 Å². The van der Waals surface area contributed by atoms with Gasteiger partial charge in [-0.3, -0.25) is 14.5 Å². The maximum absolute atomic E-state index is 13.7. The summed E-state index contributed by atoms with van der Waals surface area (Å²) in [6.45, 7) is 9.02. The maximum atomic E-state index is 13.7. The summed E-state index contributed by atoms with van der Waals surface area (Å²) in [5, 5.41) is -0.0461. The molecule has 2 aliphatic carbocycles. The Kier molecular flexibility index (Phi) is 11.6. The molecule has 1 spiro atoms. The Hall–Kier alpha value is -2.90. The van der Waals surface area contributed by atoms with Gasteiger partial charge in [-0.15, -0.1) is 0 Å². The van der Waals surface area contributed by atoms with Gasteiger partial charge >= 0.3 is 0 Å². The van der Waals surface area contributed by atoms with Crippen LogP contribution in [0.25, 0.3) is 0 Å². The van der Waals surface area contributed by atoms with E-state index in [4.69, 9.17) is 25.8 Å². The number of aryl methyl sites for hydroxylation is 1. The smallest absolute Gasteiger partial charge is 0.264 e. The number of carbonyl (C=O) groups is 2. The van der Waals surface area contributed by atoms with Crippen LogP contribution in [-0.2, 0) is 36.1 Å². The fraction of sp³-hybridized carbons (Fsp3) is 0.659. The summed E-state index contributed by atoms with van der Waals surface area (Å²) < 4.78 is 48.3. The predicted molar refractivity (Wildman–Crippen MR) is 210 cm³/mol. The van der Waals surface area contributed by atoms with Crippen LogP contribution in [0.5, 0.6) is 5.75 Å². The van der Waals surface area contributed by atoms with Crippen molar-refractivity contribution in [1.29, 1.82) is 0 Å². The SMILES string of the molecule is COCCN1CCN(C[C@@]2(OC)CCC[C@H](C)[C@@H](C)S(=O)(=O)NC(=O)c3ccc4c(c3)N(C[C@@H]3CC[C@H]32)C[C@@]2(CCCc3cc(Cl)ccc32)CO4)CC1=O. The Morgan fingerprint density at radius 1 is 1.02 bits per heavy atom. The zero-order valence-electron chi connectivity index (χ0n) is 32.3. The Balaban J connectivity index is 1.26. The lowest BCUT2D eigenvalue weighted by molar-refractivity contribution is -0.148. The van der Waals surface area contributed by atoms with Gasteiger partial charge in [0.05, 0.1) is 36.3 Å². The molecule has 3 heterocycles. The van der Waals surface area contributed by atoms with Gasteiger partial charge in [0.1, 0.15) is 5.75 Å². The van der Waals surface area contributed by atoms with Crippen molar-refractivity contribution in [2.24, 2.45) is 17.8 Å². The van der Waals surface area contributed by atoms with Gasteiger partial charge in [0.15, 0.2) is 0 Å². The van der Waals surface area contributed by atoms with Crippen LogP contribution in [0.15, 0.2) is 36.4 Å². The number of sulfonamides is 1. The van der Waals surface area contributed by atoms with E-state index >= 15 is 0 Å². The minimum atomic E-state index is -3.97. The summed E-state index contributed by atoms with van der Waals surface area (Å²) in [5.41, 5.74) is 2.78. The molecule has 0 aromatic heterocycles. The second-order valence-corrected chi connectivity index (χ2v) is 19.1. The first-order valence-corrected chi connectivity index (χ1v) is 21.7. The van der Waals surface area contributed by atoms with E-state index in [2.05, 4.69) is 26.7 Å². The van der Waals surface area contributed by atoms with Crippen LogP contribution in [-0.4, -0.2) is 114 Å². The van der Waals surface area contributed by atoms with Crippen LogP contribution in [0.4, 0.5) is 5.69 Å². The number of nitrogens with zero attached hydrogens (tertiary/aromatic N) is 3. The largest absolute Gasteiger partial charge is 0.490 e. The molecule has 2 amide bonds. The summed E-state index contributed by atoms with van der Waals surface area (Å²) in [5.74, 6) is 0.490. The van der Waals surface area contributed by atoms with Crippen LogP contribution in [0.1, 0.15) is 80.3 Å². The highest BCUT2D eigenvalue weighted by atomic mass is 35.5. The van der Waals surface area contributed by atoms with Gasteiger partial charge in [-0.1, -0.05) is 31.0 Å². The van der Waals surface area contributed by atoms with E-state index in [1.807, 2.05) is 37.1 Å². The average Bonchev–Trinajstić information content (AvgIpc) is 3.28. The fourth-order valence-electron chi connectivity index (χ4n) is 9.97. The summed E-state index contributed by atoms with van der Waals surface area (Å²) >= 11 is 6.50. The highest BCUT2D eigenvalue weighted by Gasteiger charge is 2.51. The number of methoxy groups -OCH3 is 2. The normalized spacial score (nSPS) is 31.8. The van der Waals surface area contributed by atoms with Crippen LogP contribution in [0.2, 0.25) is 5.02 Å². The Labute approximate surface area is 326 Å². The number of hydrogen-bond donors (Lipinski definition) is 1. The average molecular weight is 785 g/mol. The number of nitrogens with one attached hydrogen (secondary N) is 1. The number of amides is 2. The van der Waals surface area contributed by atoms with E-state index in [0.717, 1.165) is 68.7 Å². The van der Waals surface area contributed by atoms with Crippen LogP contribution < -0.4 is 14.4 Å². The minimum Gasteiger partial charge on any atom is -0.490 e. The highest BCUT2D eigenvalue weighted by molar-refractivity contribution is 7.90. The topological polar surface area (TPSA) is 118 Å². The van der Waals surface area contributed by atoms with E-state index < -0.39 is 26.8 Å². The monoisotopic (exact) mass is 784 g/mol. The first-order valence-electron chi connectivity index (χ1n) is 19.8. The molecule has 5 aliphatic rings. The molecule has 7 rings (SSSR count). The number of anilines is 1. The summed E-state index contributed by atoms with van der Waals surface area (Å²) in [6, 6.07) is 11.5. The molecule has 1 saturated carbocycles. The number of piperazine rings is 1. The zero-order valence-corrected chi connectivity index (χ0v) is 33.9. The number of fused-ring (bicyclic) bond motifs is 4. The van der Waals surface area contributed by atoms with E-state index in [-0.39, 0.29) is 28.7 Å². The molecule has 13 heteroatoms. The Morgan fingerprint density at radius 2 is 1.85 bits per heavy atom. The number of benzene rings is 2. The quantitative estimate of drug-likeness (QED) is 0.418. The third-order valence-electron chi connectivity index (χ3n) is 13.5. The molecule has 11 nitrogen and oxygen atoms in total. The Bertz CT molecular complexity index is 1830. The van der Waals surface area contributed by atoms with Crippen LogP contribution in [0, 0.1) is 17.8 Å². The van der Waals surface area contributed by atoms with Crippen molar-refractivity contribution in [3.8, 4) is 5.75 Å². The number of ether oxygens (including phenoxy) is 3. The molecule has 296 valence electrons. The molecule has 1 saturated heterocycles. The van der Waals surface area contributed by atoms with E-state index in [9.17, 15) is 18.0 Å². The standard InChI is InChI=1S/C41H57ClN4O7S/c1-28-7-5-16-41(52-4,26-44-17-18-45(19-20-51-3)38(47)24-44)35-12-9-32(35)23-46-25-40(15-6-8-30-21-33(42)11-13-34(30)40)27-53-37-14-10-31(22-36(37)46)39(48)43-54(49,50)29(28)2/h10-11,13-14,21-22,28-29,32,35H,5-9,12,15-20,23-27H2,1-4H3,(H,43,48)/t28-,29+,32-,35+,40-,41-/m0/s1. The van der Waals surface area contributed by atoms with Crippen molar-refractivity contribution in [1.82, 2.24) is 14.5 Å². The van der Waals surface area contributed by atoms with Crippen molar-refractivity contribution in [3.63, 3.8) is 0 Å². The van der Waals surface area contributed by atoms with Gasteiger partial charge < -0.3 is 24.0 Å². The number of rotatable bonds is 6. The maximum Gasteiger partial charge on any atom is 0.264 e. The van der Waals surface area contributed by atoms with Crippen molar-refractivity contribution in [2.45, 2.75) is 81.5 Å². The van der Waals surface area contributed by atoms with Crippen molar-refractivity contribution >= 4 is 39.1 Å². The first-order chi connectivity index (χ1) is 25.9. The second kappa shape index (κ2) is 15.9. The molecule has 6 atom stereocenters. The lowest BCUT2D eigenvalue weighted by Gasteiger charge is -2.53. The van der Waals surface area contributed by atoms with E-state index in [1.54, 1.807) is 20.1 Å². The number of carbonyl (C=O) groups excluding carboxylic acids is 2. The Morgan fingerprint density at radius 3 is 2.59 bits per heavy atom. The molecule has 3 aliphatic heterocycles. The van der Waals surface area contributed by atoms with Gasteiger partial charge in [0.25, 0.3) is 5.91 Å². The lowest BCUT2D eigenvalue weighted by Crippen LogP contribution is -2.60. The molecule has 0 unspecified atom stereocenters. The molecular weight excluding hydrogens is 728 g/mol. The molecule has 0 radical (unpaired) electrons. The molecule has 2 bridgehead atoms. The van der Waals surface area contributed by atoms with Gasteiger partial charge in [-0.05, 0) is 111 Å². The zero-order chi connectivity index (χ0) is 38.3. The third kappa shape index (κ3) is 7.75. The fourth-order valence-corrected chi connectivity index (χ4v) is 11.5. The number of hydrogen-bond acceptors (Lipinski definition) is 9. The van der Waals surface area contributed by atoms with Gasteiger partial charge in [-0.2, -0.15) is 0 Å². The lowest BCUT2D eigenvalue weighted by atomic mass is 9.62. The number of halogens is 1. The molecule has 1 N–H and O–H groups in total.